The van der Waals surface area contributed by atoms with E-state index >= 15 is 0 Å². The molecule has 0 aliphatic carbocycles. The summed E-state index contributed by atoms with van der Waals surface area (Å²) < 4.78 is 0. The SMILES string of the molecule is O=C(O)c1ccc(-c2ncc3[nH]ncc3n2)cc1. The van der Waals surface area contributed by atoms with Gasteiger partial charge in [0.1, 0.15) is 11.0 Å². The summed E-state index contributed by atoms with van der Waals surface area (Å²) in [6, 6.07) is 6.43. The third-order valence-electron chi connectivity index (χ3n) is 2.58. The molecule has 2 N–H and O–H groups in total. The lowest BCUT2D eigenvalue weighted by Crippen LogP contribution is -1.96. The van der Waals surface area contributed by atoms with E-state index in [2.05, 4.69) is 20.2 Å². The summed E-state index contributed by atoms with van der Waals surface area (Å²) >= 11 is 0. The molecule has 0 radical (unpaired) electrons. The molecular weight excluding hydrogens is 232 g/mol. The number of H-pyrrole nitrogens is 1. The van der Waals surface area contributed by atoms with Gasteiger partial charge >= 0.3 is 5.97 Å². The number of hydrogen-bond acceptors (Lipinski definition) is 4. The fraction of sp³-hybridized carbons (Fsp3) is 0. The predicted octanol–water partition coefficient (Wildman–Crippen LogP) is 1.72. The summed E-state index contributed by atoms with van der Waals surface area (Å²) in [5.74, 6) is -0.409. The zero-order valence-corrected chi connectivity index (χ0v) is 9.16. The third-order valence-corrected chi connectivity index (χ3v) is 2.58. The first-order chi connectivity index (χ1) is 8.74. The van der Waals surface area contributed by atoms with E-state index in [1.54, 1.807) is 24.5 Å². The smallest absolute Gasteiger partial charge is 0.335 e. The number of rotatable bonds is 2. The topological polar surface area (TPSA) is 91.8 Å². The van der Waals surface area contributed by atoms with Gasteiger partial charge in [-0.2, -0.15) is 5.10 Å². The number of hydrogen-bond donors (Lipinski definition) is 2. The summed E-state index contributed by atoms with van der Waals surface area (Å²) in [5, 5.41) is 15.5. The number of benzene rings is 1. The maximum Gasteiger partial charge on any atom is 0.335 e. The van der Waals surface area contributed by atoms with Crippen molar-refractivity contribution in [3.8, 4) is 11.4 Å². The number of nitrogens with one attached hydrogen (secondary N) is 1. The van der Waals surface area contributed by atoms with Gasteiger partial charge in [-0.15, -0.1) is 0 Å². The molecule has 0 aliphatic rings. The van der Waals surface area contributed by atoms with Gasteiger partial charge in [0.2, 0.25) is 0 Å². The van der Waals surface area contributed by atoms with Crippen LogP contribution in [0.1, 0.15) is 10.4 Å². The number of aromatic amines is 1. The lowest BCUT2D eigenvalue weighted by atomic mass is 10.1. The van der Waals surface area contributed by atoms with Gasteiger partial charge in [0.15, 0.2) is 5.82 Å². The maximum absolute atomic E-state index is 10.7. The summed E-state index contributed by atoms with van der Waals surface area (Å²) in [6.07, 6.45) is 3.27. The highest BCUT2D eigenvalue weighted by atomic mass is 16.4. The number of aromatic nitrogens is 4. The van der Waals surface area contributed by atoms with Crippen molar-refractivity contribution in [2.75, 3.05) is 0 Å². The molecule has 18 heavy (non-hydrogen) atoms. The molecule has 0 aliphatic heterocycles. The monoisotopic (exact) mass is 240 g/mol. The van der Waals surface area contributed by atoms with E-state index in [0.29, 0.717) is 5.82 Å². The molecule has 0 amide bonds. The quantitative estimate of drug-likeness (QED) is 0.711. The third kappa shape index (κ3) is 1.69. The van der Waals surface area contributed by atoms with Gasteiger partial charge in [-0.1, -0.05) is 12.1 Å². The van der Waals surface area contributed by atoms with E-state index in [4.69, 9.17) is 5.11 Å². The van der Waals surface area contributed by atoms with Gasteiger partial charge in [0.25, 0.3) is 0 Å². The highest BCUT2D eigenvalue weighted by Crippen LogP contribution is 2.17. The van der Waals surface area contributed by atoms with Gasteiger partial charge in [-0.3, -0.25) is 5.10 Å². The molecule has 0 bridgehead atoms. The van der Waals surface area contributed by atoms with Crippen molar-refractivity contribution in [2.24, 2.45) is 0 Å². The van der Waals surface area contributed by atoms with Crippen LogP contribution in [-0.2, 0) is 0 Å². The van der Waals surface area contributed by atoms with E-state index < -0.39 is 5.97 Å². The molecule has 2 aromatic heterocycles. The molecule has 0 fully saturated rings. The molecule has 6 nitrogen and oxygen atoms in total. The van der Waals surface area contributed by atoms with Crippen LogP contribution in [-0.4, -0.2) is 31.2 Å². The first-order valence-electron chi connectivity index (χ1n) is 5.24. The first-order valence-corrected chi connectivity index (χ1v) is 5.24. The van der Waals surface area contributed by atoms with Crippen molar-refractivity contribution < 1.29 is 9.90 Å². The molecule has 3 rings (SSSR count). The highest BCUT2D eigenvalue weighted by Gasteiger charge is 2.06. The number of nitrogens with zero attached hydrogens (tertiary/aromatic N) is 3. The van der Waals surface area contributed by atoms with Crippen LogP contribution >= 0.6 is 0 Å². The van der Waals surface area contributed by atoms with E-state index in [1.807, 2.05) is 0 Å². The zero-order chi connectivity index (χ0) is 12.5. The van der Waals surface area contributed by atoms with Crippen LogP contribution in [0.5, 0.6) is 0 Å². The first kappa shape index (κ1) is 10.4. The van der Waals surface area contributed by atoms with Crippen LogP contribution in [0.4, 0.5) is 0 Å². The molecule has 2 heterocycles. The Bertz CT molecular complexity index is 718. The number of carboxylic acids is 1. The summed E-state index contributed by atoms with van der Waals surface area (Å²) in [5.41, 5.74) is 2.49. The summed E-state index contributed by atoms with van der Waals surface area (Å²) in [4.78, 5) is 19.3. The Morgan fingerprint density at radius 1 is 1.17 bits per heavy atom. The molecule has 0 saturated carbocycles. The highest BCUT2D eigenvalue weighted by molar-refractivity contribution is 5.88. The molecule has 88 valence electrons. The second kappa shape index (κ2) is 3.92. The lowest BCUT2D eigenvalue weighted by molar-refractivity contribution is 0.0697. The van der Waals surface area contributed by atoms with Crippen LogP contribution < -0.4 is 0 Å². The zero-order valence-electron chi connectivity index (χ0n) is 9.16. The van der Waals surface area contributed by atoms with Crippen molar-refractivity contribution in [2.45, 2.75) is 0 Å². The molecule has 0 atom stereocenters. The van der Waals surface area contributed by atoms with Gasteiger partial charge in [0, 0.05) is 5.56 Å². The molecule has 1 aromatic carbocycles. The van der Waals surface area contributed by atoms with Crippen molar-refractivity contribution in [1.82, 2.24) is 20.2 Å². The van der Waals surface area contributed by atoms with E-state index in [1.165, 1.54) is 12.1 Å². The van der Waals surface area contributed by atoms with Gasteiger partial charge < -0.3 is 5.11 Å². The molecule has 0 spiro atoms. The Morgan fingerprint density at radius 2 is 1.94 bits per heavy atom. The number of fused-ring (bicyclic) bond motifs is 1. The van der Waals surface area contributed by atoms with Crippen molar-refractivity contribution >= 4 is 17.0 Å². The maximum atomic E-state index is 10.7. The second-order valence-corrected chi connectivity index (χ2v) is 3.75. The normalized spacial score (nSPS) is 10.7. The van der Waals surface area contributed by atoms with E-state index in [9.17, 15) is 4.79 Å². The molecule has 0 saturated heterocycles. The van der Waals surface area contributed by atoms with Gasteiger partial charge in [-0.25, -0.2) is 14.8 Å². The Morgan fingerprint density at radius 3 is 2.67 bits per heavy atom. The minimum Gasteiger partial charge on any atom is -0.478 e. The number of carboxylic acid groups (broad SMARTS) is 1. The van der Waals surface area contributed by atoms with Crippen LogP contribution in [0.2, 0.25) is 0 Å². The lowest BCUT2D eigenvalue weighted by Gasteiger charge is -2.00. The Balaban J connectivity index is 2.05. The average molecular weight is 240 g/mol. The van der Waals surface area contributed by atoms with Crippen molar-refractivity contribution in [3.05, 3.63) is 42.2 Å². The summed E-state index contributed by atoms with van der Waals surface area (Å²) in [7, 11) is 0. The van der Waals surface area contributed by atoms with Gasteiger partial charge in [0.05, 0.1) is 18.0 Å². The molecule has 0 unspecified atom stereocenters. The fourth-order valence-electron chi connectivity index (χ4n) is 1.64. The fourth-order valence-corrected chi connectivity index (χ4v) is 1.64. The minimum atomic E-state index is -0.951. The van der Waals surface area contributed by atoms with E-state index in [-0.39, 0.29) is 5.56 Å². The molecule has 3 aromatic rings. The average Bonchev–Trinajstić information content (AvgIpc) is 2.86. The minimum absolute atomic E-state index is 0.239. The molecular formula is C12H8N4O2. The van der Waals surface area contributed by atoms with Crippen molar-refractivity contribution in [1.29, 1.82) is 0 Å². The van der Waals surface area contributed by atoms with Crippen LogP contribution in [0.15, 0.2) is 36.7 Å². The number of aromatic carboxylic acids is 1. The standard InChI is InChI=1S/C12H8N4O2/c17-12(18)8-3-1-7(2-4-8)11-13-5-10-9(15-11)6-14-16-10/h1-6H,(H,14,16)(H,17,18). The number of carbonyl (C=O) groups is 1. The van der Waals surface area contributed by atoms with Crippen molar-refractivity contribution in [3.63, 3.8) is 0 Å². The van der Waals surface area contributed by atoms with Crippen LogP contribution in [0, 0.1) is 0 Å². The predicted molar refractivity (Wildman–Crippen MR) is 64.1 cm³/mol. The van der Waals surface area contributed by atoms with E-state index in [0.717, 1.165) is 16.6 Å². The molecule has 6 heteroatoms. The Kier molecular flexibility index (Phi) is 2.26. The van der Waals surface area contributed by atoms with Gasteiger partial charge in [-0.05, 0) is 12.1 Å². The van der Waals surface area contributed by atoms with Crippen LogP contribution in [0.3, 0.4) is 0 Å². The van der Waals surface area contributed by atoms with Crippen LogP contribution in [0.25, 0.3) is 22.4 Å². The Hall–Kier alpha value is -2.76. The second-order valence-electron chi connectivity index (χ2n) is 3.75. The largest absolute Gasteiger partial charge is 0.478 e. The summed E-state index contributed by atoms with van der Waals surface area (Å²) in [6.45, 7) is 0. The Labute approximate surface area is 101 Å².